The molecule has 6 nitrogen and oxygen atoms in total. The molecule has 30 heavy (non-hydrogen) atoms. The third kappa shape index (κ3) is 3.87. The number of hydrogen-bond donors (Lipinski definition) is 3. The van der Waals surface area contributed by atoms with E-state index in [1.807, 2.05) is 54.2 Å². The molecule has 1 atom stereocenters. The van der Waals surface area contributed by atoms with Crippen LogP contribution in [0, 0.1) is 0 Å². The molecule has 4 aromatic rings. The van der Waals surface area contributed by atoms with Gasteiger partial charge in [0.2, 0.25) is 0 Å². The van der Waals surface area contributed by atoms with Crippen molar-refractivity contribution < 1.29 is 9.53 Å². The molecule has 1 fully saturated rings. The van der Waals surface area contributed by atoms with E-state index < -0.39 is 0 Å². The molecule has 0 bridgehead atoms. The van der Waals surface area contributed by atoms with E-state index in [0.29, 0.717) is 18.7 Å². The highest BCUT2D eigenvalue weighted by Crippen LogP contribution is 2.30. The standard InChI is InChI=1S/C23H22N4O2S/c28-23(27-12-17-2-1-9-30-17)15-3-5-18-19(13-26-21(18)10-15)16-4-6-20(25-11-16)22-14-24-7-8-29-22/h1-6,9-11,13,22,24,26H,7-8,12,14H2,(H,27,28). The molecule has 1 amide bonds. The second-order valence-corrected chi connectivity index (χ2v) is 8.29. The summed E-state index contributed by atoms with van der Waals surface area (Å²) in [6.45, 7) is 2.93. The van der Waals surface area contributed by atoms with Crippen LogP contribution in [0.3, 0.4) is 0 Å². The van der Waals surface area contributed by atoms with Crippen LogP contribution in [0.2, 0.25) is 0 Å². The van der Waals surface area contributed by atoms with Crippen molar-refractivity contribution >= 4 is 28.1 Å². The lowest BCUT2D eigenvalue weighted by Gasteiger charge is -2.23. The summed E-state index contributed by atoms with van der Waals surface area (Å²) in [5.74, 6) is -0.0754. The number of thiophene rings is 1. The average molecular weight is 419 g/mol. The Kier molecular flexibility index (Phi) is 5.31. The van der Waals surface area contributed by atoms with Gasteiger partial charge in [-0.05, 0) is 29.6 Å². The summed E-state index contributed by atoms with van der Waals surface area (Å²) in [7, 11) is 0. The Bertz CT molecular complexity index is 1150. The summed E-state index contributed by atoms with van der Waals surface area (Å²) in [4.78, 5) is 21.5. The zero-order valence-electron chi connectivity index (χ0n) is 16.4. The van der Waals surface area contributed by atoms with E-state index in [-0.39, 0.29) is 12.0 Å². The minimum atomic E-state index is -0.0754. The average Bonchev–Trinajstić information content (AvgIpc) is 3.48. The van der Waals surface area contributed by atoms with Crippen molar-refractivity contribution in [2.75, 3.05) is 19.7 Å². The number of nitrogens with one attached hydrogen (secondary N) is 3. The van der Waals surface area contributed by atoms with Crippen molar-refractivity contribution in [1.29, 1.82) is 0 Å². The SMILES string of the molecule is O=C(NCc1cccs1)c1ccc2c(-c3ccc(C4CNCCO4)nc3)c[nH]c2c1. The van der Waals surface area contributed by atoms with Gasteiger partial charge >= 0.3 is 0 Å². The smallest absolute Gasteiger partial charge is 0.251 e. The van der Waals surface area contributed by atoms with E-state index in [2.05, 4.69) is 26.7 Å². The first kappa shape index (κ1) is 19.0. The summed E-state index contributed by atoms with van der Waals surface area (Å²) in [6.07, 6.45) is 3.86. The minimum Gasteiger partial charge on any atom is -0.369 e. The number of carbonyl (C=O) groups excluding carboxylic acids is 1. The van der Waals surface area contributed by atoms with E-state index in [4.69, 9.17) is 4.74 Å². The third-order valence-electron chi connectivity index (χ3n) is 5.30. The number of ether oxygens (including phenoxy) is 1. The number of H-pyrrole nitrogens is 1. The maximum absolute atomic E-state index is 12.5. The van der Waals surface area contributed by atoms with E-state index in [0.717, 1.165) is 45.7 Å². The van der Waals surface area contributed by atoms with Crippen molar-refractivity contribution in [3.63, 3.8) is 0 Å². The lowest BCUT2D eigenvalue weighted by atomic mass is 10.0. The number of carbonyl (C=O) groups is 1. The van der Waals surface area contributed by atoms with Crippen LogP contribution in [0.5, 0.6) is 0 Å². The van der Waals surface area contributed by atoms with Gasteiger partial charge in [0.25, 0.3) is 5.91 Å². The Balaban J connectivity index is 1.34. The molecule has 3 aromatic heterocycles. The Morgan fingerprint density at radius 3 is 3.00 bits per heavy atom. The third-order valence-corrected chi connectivity index (χ3v) is 6.18. The first-order valence-corrected chi connectivity index (χ1v) is 10.9. The number of nitrogens with zero attached hydrogens (tertiary/aromatic N) is 1. The molecule has 0 spiro atoms. The number of rotatable bonds is 5. The van der Waals surface area contributed by atoms with E-state index in [1.54, 1.807) is 11.3 Å². The molecular formula is C23H22N4O2S. The quantitative estimate of drug-likeness (QED) is 0.460. The molecule has 7 heteroatoms. The Hall–Kier alpha value is -3.00. The summed E-state index contributed by atoms with van der Waals surface area (Å²) in [6, 6.07) is 13.9. The zero-order valence-corrected chi connectivity index (χ0v) is 17.2. The second kappa shape index (κ2) is 8.39. The minimum absolute atomic E-state index is 0.00557. The molecule has 4 heterocycles. The first-order valence-electron chi connectivity index (χ1n) is 9.98. The molecule has 0 saturated carbocycles. The van der Waals surface area contributed by atoms with Crippen LogP contribution < -0.4 is 10.6 Å². The highest BCUT2D eigenvalue weighted by Gasteiger charge is 2.17. The van der Waals surface area contributed by atoms with Crippen LogP contribution in [-0.4, -0.2) is 35.6 Å². The van der Waals surface area contributed by atoms with Gasteiger partial charge in [0.15, 0.2) is 0 Å². The van der Waals surface area contributed by atoms with Crippen molar-refractivity contribution in [1.82, 2.24) is 20.6 Å². The Morgan fingerprint density at radius 1 is 1.27 bits per heavy atom. The zero-order chi connectivity index (χ0) is 20.3. The molecule has 0 aliphatic carbocycles. The maximum Gasteiger partial charge on any atom is 0.251 e. The van der Waals surface area contributed by atoms with Crippen molar-refractivity contribution in [3.8, 4) is 11.1 Å². The van der Waals surface area contributed by atoms with Crippen LogP contribution in [-0.2, 0) is 11.3 Å². The van der Waals surface area contributed by atoms with Crippen molar-refractivity contribution in [3.05, 3.63) is 76.4 Å². The molecule has 0 radical (unpaired) electrons. The molecule has 5 rings (SSSR count). The topological polar surface area (TPSA) is 79.0 Å². The molecule has 1 aliphatic heterocycles. The Labute approximate surface area is 178 Å². The number of pyridine rings is 1. The summed E-state index contributed by atoms with van der Waals surface area (Å²) >= 11 is 1.64. The maximum atomic E-state index is 12.5. The molecule has 1 saturated heterocycles. The molecular weight excluding hydrogens is 396 g/mol. The largest absolute Gasteiger partial charge is 0.369 e. The van der Waals surface area contributed by atoms with Crippen LogP contribution in [0.1, 0.15) is 27.0 Å². The van der Waals surface area contributed by atoms with Gasteiger partial charge < -0.3 is 20.4 Å². The van der Waals surface area contributed by atoms with Gasteiger partial charge in [-0.15, -0.1) is 11.3 Å². The molecule has 1 aliphatic rings. The fraction of sp³-hybridized carbons (Fsp3) is 0.217. The number of benzene rings is 1. The Morgan fingerprint density at radius 2 is 2.23 bits per heavy atom. The second-order valence-electron chi connectivity index (χ2n) is 7.26. The van der Waals surface area contributed by atoms with Gasteiger partial charge in [-0.2, -0.15) is 0 Å². The normalized spacial score (nSPS) is 16.6. The monoisotopic (exact) mass is 418 g/mol. The fourth-order valence-corrected chi connectivity index (χ4v) is 4.34. The van der Waals surface area contributed by atoms with Crippen LogP contribution >= 0.6 is 11.3 Å². The van der Waals surface area contributed by atoms with Crippen LogP contribution in [0.15, 0.2) is 60.2 Å². The molecule has 1 aromatic carbocycles. The van der Waals surface area contributed by atoms with Crippen LogP contribution in [0.25, 0.3) is 22.0 Å². The lowest BCUT2D eigenvalue weighted by molar-refractivity contribution is 0.0250. The fourth-order valence-electron chi connectivity index (χ4n) is 3.70. The predicted octanol–water partition coefficient (Wildman–Crippen LogP) is 3.88. The van der Waals surface area contributed by atoms with Gasteiger partial charge in [-0.3, -0.25) is 9.78 Å². The van der Waals surface area contributed by atoms with E-state index in [1.165, 1.54) is 0 Å². The van der Waals surface area contributed by atoms with Gasteiger partial charge in [0.1, 0.15) is 6.10 Å². The summed E-state index contributed by atoms with van der Waals surface area (Å²) in [5.41, 5.74) is 4.61. The summed E-state index contributed by atoms with van der Waals surface area (Å²) < 4.78 is 5.78. The highest BCUT2D eigenvalue weighted by atomic mass is 32.1. The number of amides is 1. The first-order chi connectivity index (χ1) is 14.8. The van der Waals surface area contributed by atoms with Gasteiger partial charge in [0, 0.05) is 58.0 Å². The number of morpholine rings is 1. The highest BCUT2D eigenvalue weighted by molar-refractivity contribution is 7.09. The van der Waals surface area contributed by atoms with Crippen molar-refractivity contribution in [2.24, 2.45) is 0 Å². The van der Waals surface area contributed by atoms with Gasteiger partial charge in [0.05, 0.1) is 18.8 Å². The number of hydrogen-bond acceptors (Lipinski definition) is 5. The van der Waals surface area contributed by atoms with E-state index in [9.17, 15) is 4.79 Å². The van der Waals surface area contributed by atoms with Gasteiger partial charge in [-0.1, -0.05) is 18.2 Å². The summed E-state index contributed by atoms with van der Waals surface area (Å²) in [5, 5.41) is 9.37. The number of fused-ring (bicyclic) bond motifs is 1. The number of aromatic nitrogens is 2. The molecule has 1 unspecified atom stereocenters. The van der Waals surface area contributed by atoms with Crippen LogP contribution in [0.4, 0.5) is 0 Å². The van der Waals surface area contributed by atoms with Gasteiger partial charge in [-0.25, -0.2) is 0 Å². The molecule has 152 valence electrons. The lowest BCUT2D eigenvalue weighted by Crippen LogP contribution is -2.33. The van der Waals surface area contributed by atoms with E-state index >= 15 is 0 Å². The number of aromatic amines is 1. The predicted molar refractivity (Wildman–Crippen MR) is 119 cm³/mol. The molecule has 3 N–H and O–H groups in total. The van der Waals surface area contributed by atoms with Crippen molar-refractivity contribution in [2.45, 2.75) is 12.6 Å².